The highest BCUT2D eigenvalue weighted by molar-refractivity contribution is 5.85. The Morgan fingerprint density at radius 3 is 2.78 bits per heavy atom. The van der Waals surface area contributed by atoms with E-state index in [1.165, 1.54) is 0 Å². The summed E-state index contributed by atoms with van der Waals surface area (Å²) in [7, 11) is 0. The number of nitrogens with one attached hydrogen (secondary N) is 1. The molecule has 1 saturated heterocycles. The Morgan fingerprint density at radius 2 is 2.00 bits per heavy atom. The summed E-state index contributed by atoms with van der Waals surface area (Å²) in [5.74, 6) is -1.04. The summed E-state index contributed by atoms with van der Waals surface area (Å²) in [6.07, 6.45) is 0.317. The third-order valence-corrected chi connectivity index (χ3v) is 3.24. The molecule has 1 aliphatic heterocycles. The topological polar surface area (TPSA) is 90.9 Å². The monoisotopic (exact) mass is 321 g/mol. The third-order valence-electron chi connectivity index (χ3n) is 3.24. The number of amides is 1. The Kier molecular flexibility index (Phi) is 6.40. The van der Waals surface area contributed by atoms with Gasteiger partial charge in [0, 0.05) is 6.54 Å². The normalized spacial score (nSPS) is 17.1. The van der Waals surface area contributed by atoms with Gasteiger partial charge in [0.2, 0.25) is 0 Å². The Labute approximate surface area is 133 Å². The summed E-state index contributed by atoms with van der Waals surface area (Å²) in [4.78, 5) is 33.9. The first-order valence-corrected chi connectivity index (χ1v) is 7.46. The molecule has 1 amide bonds. The number of rotatable bonds is 7. The number of esters is 2. The van der Waals surface area contributed by atoms with Gasteiger partial charge in [-0.1, -0.05) is 30.3 Å². The zero-order valence-corrected chi connectivity index (χ0v) is 12.7. The molecule has 1 fully saturated rings. The lowest BCUT2D eigenvalue weighted by Gasteiger charge is -2.20. The second kappa shape index (κ2) is 8.77. The number of alkyl carbamates (subject to hydrolysis) is 1. The molecule has 124 valence electrons. The van der Waals surface area contributed by atoms with Crippen LogP contribution in [0.2, 0.25) is 0 Å². The SMILES string of the molecule is O=C1COC(=O)[C@H](CCCCNC(=O)OCc2ccccc2)O1. The Balaban J connectivity index is 1.54. The Hall–Kier alpha value is -2.57. The van der Waals surface area contributed by atoms with Crippen LogP contribution in [-0.4, -0.2) is 37.3 Å². The molecule has 0 aliphatic carbocycles. The van der Waals surface area contributed by atoms with Crippen LogP contribution < -0.4 is 5.32 Å². The molecule has 2 rings (SSSR count). The highest BCUT2D eigenvalue weighted by Crippen LogP contribution is 2.11. The number of benzene rings is 1. The van der Waals surface area contributed by atoms with E-state index in [4.69, 9.17) is 9.47 Å². The van der Waals surface area contributed by atoms with Crippen molar-refractivity contribution < 1.29 is 28.6 Å². The smallest absolute Gasteiger partial charge is 0.407 e. The molecule has 0 saturated carbocycles. The van der Waals surface area contributed by atoms with Gasteiger partial charge in [0.15, 0.2) is 12.7 Å². The molecule has 0 radical (unpaired) electrons. The van der Waals surface area contributed by atoms with Crippen LogP contribution in [-0.2, 0) is 30.4 Å². The number of ether oxygens (including phenoxy) is 3. The maximum Gasteiger partial charge on any atom is 0.407 e. The second-order valence-corrected chi connectivity index (χ2v) is 5.07. The Bertz CT molecular complexity index is 545. The van der Waals surface area contributed by atoms with Crippen LogP contribution in [0.25, 0.3) is 0 Å². The largest absolute Gasteiger partial charge is 0.451 e. The van der Waals surface area contributed by atoms with Gasteiger partial charge in [-0.05, 0) is 24.8 Å². The summed E-state index contributed by atoms with van der Waals surface area (Å²) in [5.41, 5.74) is 0.917. The molecule has 23 heavy (non-hydrogen) atoms. The number of unbranched alkanes of at least 4 members (excludes halogenated alkanes) is 1. The molecule has 7 heteroatoms. The van der Waals surface area contributed by atoms with Crippen LogP contribution in [0.3, 0.4) is 0 Å². The van der Waals surface area contributed by atoms with Crippen molar-refractivity contribution in [1.29, 1.82) is 0 Å². The van der Waals surface area contributed by atoms with Crippen molar-refractivity contribution in [1.82, 2.24) is 5.32 Å². The van der Waals surface area contributed by atoms with E-state index in [0.717, 1.165) is 5.56 Å². The maximum atomic E-state index is 11.5. The minimum absolute atomic E-state index is 0.219. The van der Waals surface area contributed by atoms with E-state index < -0.39 is 24.1 Å². The van der Waals surface area contributed by atoms with Crippen molar-refractivity contribution in [3.05, 3.63) is 35.9 Å². The number of carbonyl (C=O) groups excluding carboxylic acids is 3. The lowest BCUT2D eigenvalue weighted by Crippen LogP contribution is -2.37. The highest BCUT2D eigenvalue weighted by Gasteiger charge is 2.29. The van der Waals surface area contributed by atoms with Gasteiger partial charge in [0.05, 0.1) is 0 Å². The number of hydrogen-bond donors (Lipinski definition) is 1. The van der Waals surface area contributed by atoms with Gasteiger partial charge in [0.1, 0.15) is 6.61 Å². The lowest BCUT2D eigenvalue weighted by molar-refractivity contribution is -0.185. The molecule has 1 aromatic carbocycles. The van der Waals surface area contributed by atoms with E-state index >= 15 is 0 Å². The maximum absolute atomic E-state index is 11.5. The molecular formula is C16H19NO6. The molecule has 0 bridgehead atoms. The fourth-order valence-electron chi connectivity index (χ4n) is 2.06. The van der Waals surface area contributed by atoms with Crippen molar-refractivity contribution in [3.63, 3.8) is 0 Å². The van der Waals surface area contributed by atoms with E-state index in [9.17, 15) is 14.4 Å². The second-order valence-electron chi connectivity index (χ2n) is 5.07. The predicted octanol–water partition coefficient (Wildman–Crippen LogP) is 1.55. The Morgan fingerprint density at radius 1 is 1.22 bits per heavy atom. The number of cyclic esters (lactones) is 2. The summed E-state index contributed by atoms with van der Waals surface area (Å²) >= 11 is 0. The van der Waals surface area contributed by atoms with Crippen LogP contribution in [0.5, 0.6) is 0 Å². The fraction of sp³-hybridized carbons (Fsp3) is 0.438. The van der Waals surface area contributed by atoms with Gasteiger partial charge in [-0.25, -0.2) is 14.4 Å². The first-order chi connectivity index (χ1) is 11.1. The van der Waals surface area contributed by atoms with E-state index in [2.05, 4.69) is 10.1 Å². The van der Waals surface area contributed by atoms with Crippen molar-refractivity contribution >= 4 is 18.0 Å². The van der Waals surface area contributed by atoms with Crippen LogP contribution >= 0.6 is 0 Å². The molecule has 1 atom stereocenters. The zero-order chi connectivity index (χ0) is 16.5. The van der Waals surface area contributed by atoms with Crippen molar-refractivity contribution in [2.75, 3.05) is 13.2 Å². The third kappa shape index (κ3) is 5.98. The molecule has 0 unspecified atom stereocenters. The molecule has 7 nitrogen and oxygen atoms in total. The quantitative estimate of drug-likeness (QED) is 0.465. The van der Waals surface area contributed by atoms with Crippen LogP contribution in [0.4, 0.5) is 4.79 Å². The fourth-order valence-corrected chi connectivity index (χ4v) is 2.06. The van der Waals surface area contributed by atoms with Crippen LogP contribution in [0.1, 0.15) is 24.8 Å². The van der Waals surface area contributed by atoms with Gasteiger partial charge in [-0.2, -0.15) is 0 Å². The van der Waals surface area contributed by atoms with Crippen molar-refractivity contribution in [3.8, 4) is 0 Å². The standard InChI is InChI=1S/C16H19NO6/c18-14-11-21-15(19)13(23-14)8-4-5-9-17-16(20)22-10-12-6-2-1-3-7-12/h1-3,6-7,13H,4-5,8-11H2,(H,17,20)/t13-/m0/s1. The molecule has 1 N–H and O–H groups in total. The van der Waals surface area contributed by atoms with E-state index in [-0.39, 0.29) is 13.2 Å². The van der Waals surface area contributed by atoms with E-state index in [1.54, 1.807) is 0 Å². The van der Waals surface area contributed by atoms with E-state index in [0.29, 0.717) is 25.8 Å². The molecule has 1 aromatic rings. The first-order valence-electron chi connectivity index (χ1n) is 7.46. The highest BCUT2D eigenvalue weighted by atomic mass is 16.6. The van der Waals surface area contributed by atoms with Gasteiger partial charge in [0.25, 0.3) is 0 Å². The molecule has 1 aliphatic rings. The van der Waals surface area contributed by atoms with Crippen LogP contribution in [0, 0.1) is 0 Å². The number of carbonyl (C=O) groups is 3. The van der Waals surface area contributed by atoms with Gasteiger partial charge >= 0.3 is 18.0 Å². The number of hydrogen-bond acceptors (Lipinski definition) is 6. The zero-order valence-electron chi connectivity index (χ0n) is 12.7. The molecule has 0 spiro atoms. The minimum Gasteiger partial charge on any atom is -0.451 e. The minimum atomic E-state index is -0.832. The van der Waals surface area contributed by atoms with Crippen LogP contribution in [0.15, 0.2) is 30.3 Å². The van der Waals surface area contributed by atoms with Crippen molar-refractivity contribution in [2.45, 2.75) is 32.0 Å². The van der Waals surface area contributed by atoms with Gasteiger partial charge < -0.3 is 19.5 Å². The average Bonchev–Trinajstić information content (AvgIpc) is 2.56. The summed E-state index contributed by atoms with van der Waals surface area (Å²) in [6.45, 7) is 0.323. The predicted molar refractivity (Wildman–Crippen MR) is 79.3 cm³/mol. The summed E-state index contributed by atoms with van der Waals surface area (Å²) < 4.78 is 14.6. The van der Waals surface area contributed by atoms with Gasteiger partial charge in [-0.15, -0.1) is 0 Å². The van der Waals surface area contributed by atoms with E-state index in [1.807, 2.05) is 30.3 Å². The summed E-state index contributed by atoms with van der Waals surface area (Å²) in [5, 5.41) is 2.63. The van der Waals surface area contributed by atoms with Gasteiger partial charge in [-0.3, -0.25) is 0 Å². The van der Waals surface area contributed by atoms with Crippen molar-refractivity contribution in [2.24, 2.45) is 0 Å². The molecule has 0 aromatic heterocycles. The first kappa shape index (κ1) is 16.8. The molecule has 1 heterocycles. The summed E-state index contributed by atoms with van der Waals surface area (Å²) in [6, 6.07) is 9.39. The molecular weight excluding hydrogens is 302 g/mol. The lowest BCUT2D eigenvalue weighted by atomic mass is 10.1. The average molecular weight is 321 g/mol.